The number of carbonyl (C=O) groups excluding carboxylic acids is 1. The summed E-state index contributed by atoms with van der Waals surface area (Å²) in [7, 11) is 0. The molecule has 0 bridgehead atoms. The molecule has 2 heterocycles. The van der Waals surface area contributed by atoms with Crippen molar-refractivity contribution in [1.29, 1.82) is 0 Å². The second-order valence-electron chi connectivity index (χ2n) is 4.59. The summed E-state index contributed by atoms with van der Waals surface area (Å²) in [6.07, 6.45) is 1.97. The van der Waals surface area contributed by atoms with E-state index in [1.165, 1.54) is 0 Å². The molecule has 16 heavy (non-hydrogen) atoms. The first-order chi connectivity index (χ1) is 7.81. The third-order valence-electron chi connectivity index (χ3n) is 3.48. The zero-order valence-electron chi connectivity index (χ0n) is 9.69. The lowest BCUT2D eigenvalue weighted by Gasteiger charge is -2.30. The monoisotopic (exact) mass is 227 g/mol. The van der Waals surface area contributed by atoms with E-state index in [9.17, 15) is 9.90 Å². The molecule has 1 unspecified atom stereocenters. The van der Waals surface area contributed by atoms with Gasteiger partial charge in [0.15, 0.2) is 0 Å². The van der Waals surface area contributed by atoms with Gasteiger partial charge in [0.2, 0.25) is 5.91 Å². The maximum atomic E-state index is 12.0. The number of rotatable bonds is 3. The number of hydrogen-bond donors (Lipinski definition) is 2. The summed E-state index contributed by atoms with van der Waals surface area (Å²) in [6.45, 7) is 5.27. The second kappa shape index (κ2) is 5.61. The third kappa shape index (κ3) is 2.72. The third-order valence-corrected chi connectivity index (χ3v) is 3.48. The van der Waals surface area contributed by atoms with Gasteiger partial charge >= 0.3 is 0 Å². The van der Waals surface area contributed by atoms with Crippen LogP contribution >= 0.6 is 0 Å². The number of aliphatic hydroxyl groups is 1. The molecule has 2 rings (SSSR count). The van der Waals surface area contributed by atoms with Gasteiger partial charge in [0, 0.05) is 32.7 Å². The summed E-state index contributed by atoms with van der Waals surface area (Å²) in [5.41, 5.74) is 0. The standard InChI is InChI=1S/C11H21N3O2/c15-9-10-2-1-5-14(10)11(16)8-13-6-3-12-4-7-13/h10,12,15H,1-9H2. The molecule has 0 aromatic carbocycles. The van der Waals surface area contributed by atoms with Gasteiger partial charge in [0.05, 0.1) is 19.2 Å². The average molecular weight is 227 g/mol. The number of nitrogens with one attached hydrogen (secondary N) is 1. The number of piperazine rings is 1. The minimum Gasteiger partial charge on any atom is -0.394 e. The predicted molar refractivity (Wildman–Crippen MR) is 61.1 cm³/mol. The minimum absolute atomic E-state index is 0.0652. The highest BCUT2D eigenvalue weighted by Crippen LogP contribution is 2.16. The van der Waals surface area contributed by atoms with Crippen molar-refractivity contribution >= 4 is 5.91 Å². The summed E-state index contributed by atoms with van der Waals surface area (Å²) in [5.74, 6) is 0.179. The van der Waals surface area contributed by atoms with Crippen LogP contribution in [0.3, 0.4) is 0 Å². The van der Waals surface area contributed by atoms with Crippen LogP contribution < -0.4 is 5.32 Å². The Bertz CT molecular complexity index is 241. The molecule has 5 heteroatoms. The van der Waals surface area contributed by atoms with Crippen LogP contribution in [-0.2, 0) is 4.79 Å². The normalized spacial score (nSPS) is 27.3. The van der Waals surface area contributed by atoms with Crippen molar-refractivity contribution in [3.8, 4) is 0 Å². The molecule has 92 valence electrons. The number of nitrogens with zero attached hydrogens (tertiary/aromatic N) is 2. The lowest BCUT2D eigenvalue weighted by molar-refractivity contribution is -0.134. The molecule has 2 N–H and O–H groups in total. The van der Waals surface area contributed by atoms with E-state index in [0.29, 0.717) is 6.54 Å². The summed E-state index contributed by atoms with van der Waals surface area (Å²) in [4.78, 5) is 16.1. The average Bonchev–Trinajstić information content (AvgIpc) is 2.78. The van der Waals surface area contributed by atoms with Crippen molar-refractivity contribution in [3.05, 3.63) is 0 Å². The molecular weight excluding hydrogens is 206 g/mol. The fraction of sp³-hybridized carbons (Fsp3) is 0.909. The Hall–Kier alpha value is -0.650. The first-order valence-corrected chi connectivity index (χ1v) is 6.14. The molecule has 0 aromatic heterocycles. The van der Waals surface area contributed by atoms with Gasteiger partial charge in [0.1, 0.15) is 0 Å². The molecule has 2 fully saturated rings. The smallest absolute Gasteiger partial charge is 0.237 e. The molecular formula is C11H21N3O2. The molecule has 0 aliphatic carbocycles. The molecule has 0 spiro atoms. The first-order valence-electron chi connectivity index (χ1n) is 6.14. The van der Waals surface area contributed by atoms with Gasteiger partial charge in [-0.05, 0) is 12.8 Å². The highest BCUT2D eigenvalue weighted by molar-refractivity contribution is 5.79. The van der Waals surface area contributed by atoms with E-state index >= 15 is 0 Å². The predicted octanol–water partition coefficient (Wildman–Crippen LogP) is -1.13. The second-order valence-corrected chi connectivity index (χ2v) is 4.59. The summed E-state index contributed by atoms with van der Waals surface area (Å²) < 4.78 is 0. The summed E-state index contributed by atoms with van der Waals surface area (Å²) in [6, 6.07) is 0.0652. The maximum Gasteiger partial charge on any atom is 0.237 e. The number of carbonyl (C=O) groups is 1. The molecule has 0 radical (unpaired) electrons. The van der Waals surface area contributed by atoms with Crippen LogP contribution in [0.2, 0.25) is 0 Å². The van der Waals surface area contributed by atoms with Crippen LogP contribution in [0, 0.1) is 0 Å². The molecule has 1 atom stereocenters. The lowest BCUT2D eigenvalue weighted by Crippen LogP contribution is -2.49. The molecule has 1 amide bonds. The molecule has 2 aliphatic heterocycles. The van der Waals surface area contributed by atoms with Crippen molar-refractivity contribution in [1.82, 2.24) is 15.1 Å². The zero-order valence-corrected chi connectivity index (χ0v) is 9.69. The molecule has 2 saturated heterocycles. The van der Waals surface area contributed by atoms with E-state index < -0.39 is 0 Å². The largest absolute Gasteiger partial charge is 0.394 e. The van der Waals surface area contributed by atoms with Gasteiger partial charge in [-0.1, -0.05) is 0 Å². The van der Waals surface area contributed by atoms with Gasteiger partial charge in [0.25, 0.3) is 0 Å². The first kappa shape index (κ1) is 11.8. The van der Waals surface area contributed by atoms with Crippen molar-refractivity contribution < 1.29 is 9.90 Å². The highest BCUT2D eigenvalue weighted by atomic mass is 16.3. The Labute approximate surface area is 96.4 Å². The van der Waals surface area contributed by atoms with E-state index in [0.717, 1.165) is 45.6 Å². The van der Waals surface area contributed by atoms with Gasteiger partial charge in [-0.25, -0.2) is 0 Å². The van der Waals surface area contributed by atoms with Crippen LogP contribution in [0.5, 0.6) is 0 Å². The Kier molecular flexibility index (Phi) is 4.15. The van der Waals surface area contributed by atoms with Crippen LogP contribution in [0.4, 0.5) is 0 Å². The molecule has 2 aliphatic rings. The zero-order chi connectivity index (χ0) is 11.4. The van der Waals surface area contributed by atoms with E-state index in [1.54, 1.807) is 0 Å². The van der Waals surface area contributed by atoms with Crippen molar-refractivity contribution in [2.45, 2.75) is 18.9 Å². The number of likely N-dealkylation sites (tertiary alicyclic amines) is 1. The van der Waals surface area contributed by atoms with Gasteiger partial charge in [-0.3, -0.25) is 9.69 Å². The van der Waals surface area contributed by atoms with Gasteiger partial charge in [-0.15, -0.1) is 0 Å². The highest BCUT2D eigenvalue weighted by Gasteiger charge is 2.28. The number of hydrogen-bond acceptors (Lipinski definition) is 4. The Morgan fingerprint density at radius 1 is 1.31 bits per heavy atom. The van der Waals surface area contributed by atoms with Gasteiger partial charge < -0.3 is 15.3 Å². The van der Waals surface area contributed by atoms with Crippen molar-refractivity contribution in [2.75, 3.05) is 45.9 Å². The van der Waals surface area contributed by atoms with Gasteiger partial charge in [-0.2, -0.15) is 0 Å². The number of aliphatic hydroxyl groups excluding tert-OH is 1. The van der Waals surface area contributed by atoms with E-state index in [1.807, 2.05) is 4.90 Å². The quantitative estimate of drug-likeness (QED) is 0.641. The summed E-state index contributed by atoms with van der Waals surface area (Å²) in [5, 5.41) is 12.4. The SMILES string of the molecule is O=C(CN1CCNCC1)N1CCCC1CO. The van der Waals surface area contributed by atoms with Crippen LogP contribution in [-0.4, -0.2) is 72.7 Å². The molecule has 0 saturated carbocycles. The van der Waals surface area contributed by atoms with Crippen molar-refractivity contribution in [3.63, 3.8) is 0 Å². The van der Waals surface area contributed by atoms with Crippen molar-refractivity contribution in [2.24, 2.45) is 0 Å². The Morgan fingerprint density at radius 2 is 2.06 bits per heavy atom. The fourth-order valence-corrected chi connectivity index (χ4v) is 2.51. The Morgan fingerprint density at radius 3 is 2.75 bits per heavy atom. The van der Waals surface area contributed by atoms with Crippen LogP contribution in [0.1, 0.15) is 12.8 Å². The fourth-order valence-electron chi connectivity index (χ4n) is 2.51. The van der Waals surface area contributed by atoms with E-state index in [2.05, 4.69) is 10.2 Å². The van der Waals surface area contributed by atoms with E-state index in [4.69, 9.17) is 0 Å². The Balaban J connectivity index is 1.82. The van der Waals surface area contributed by atoms with Crippen LogP contribution in [0.25, 0.3) is 0 Å². The topological polar surface area (TPSA) is 55.8 Å². The number of amides is 1. The maximum absolute atomic E-state index is 12.0. The molecule has 0 aromatic rings. The molecule has 5 nitrogen and oxygen atoms in total. The lowest BCUT2D eigenvalue weighted by atomic mass is 10.2. The minimum atomic E-state index is 0.0652. The summed E-state index contributed by atoms with van der Waals surface area (Å²) >= 11 is 0. The van der Waals surface area contributed by atoms with E-state index in [-0.39, 0.29) is 18.6 Å². The van der Waals surface area contributed by atoms with Crippen LogP contribution in [0.15, 0.2) is 0 Å².